The molecule has 0 N–H and O–H groups in total. The fourth-order valence-corrected chi connectivity index (χ4v) is 2.29. The molecule has 0 spiro atoms. The van der Waals surface area contributed by atoms with Gasteiger partial charge in [-0.3, -0.25) is 4.79 Å². The standard InChI is InChI=1S/C14H16O3/c1-10(15)7-12-9-17-14(16)13(12)8-11-5-3-2-4-6-11/h2-6,12-13H,7-9H2,1H3/t12-,13+/m0/s1. The summed E-state index contributed by atoms with van der Waals surface area (Å²) >= 11 is 0. The number of rotatable bonds is 4. The van der Waals surface area contributed by atoms with Crippen molar-refractivity contribution < 1.29 is 14.3 Å². The quantitative estimate of drug-likeness (QED) is 0.746. The summed E-state index contributed by atoms with van der Waals surface area (Å²) in [5.41, 5.74) is 1.12. The first-order chi connectivity index (χ1) is 8.16. The van der Waals surface area contributed by atoms with Gasteiger partial charge in [0.2, 0.25) is 0 Å². The summed E-state index contributed by atoms with van der Waals surface area (Å²) in [5, 5.41) is 0. The zero-order valence-electron chi connectivity index (χ0n) is 9.89. The molecule has 2 rings (SSSR count). The minimum absolute atomic E-state index is 0.0419. The molecule has 1 aromatic rings. The fraction of sp³-hybridized carbons (Fsp3) is 0.429. The van der Waals surface area contributed by atoms with E-state index >= 15 is 0 Å². The molecule has 0 amide bonds. The summed E-state index contributed by atoms with van der Waals surface area (Å²) in [6.07, 6.45) is 1.10. The molecule has 1 aliphatic heterocycles. The van der Waals surface area contributed by atoms with Crippen LogP contribution in [0.4, 0.5) is 0 Å². The number of hydrogen-bond donors (Lipinski definition) is 0. The first-order valence-electron chi connectivity index (χ1n) is 5.87. The monoisotopic (exact) mass is 232 g/mol. The van der Waals surface area contributed by atoms with Crippen molar-refractivity contribution in [3.8, 4) is 0 Å². The van der Waals surface area contributed by atoms with E-state index in [4.69, 9.17) is 4.74 Å². The van der Waals surface area contributed by atoms with Crippen LogP contribution in [0.3, 0.4) is 0 Å². The highest BCUT2D eigenvalue weighted by molar-refractivity contribution is 5.79. The van der Waals surface area contributed by atoms with Gasteiger partial charge in [-0.15, -0.1) is 0 Å². The predicted octanol–water partition coefficient (Wildman–Crippen LogP) is 2.00. The van der Waals surface area contributed by atoms with Crippen LogP contribution in [0, 0.1) is 11.8 Å². The highest BCUT2D eigenvalue weighted by atomic mass is 16.5. The molecule has 1 fully saturated rings. The van der Waals surface area contributed by atoms with E-state index in [-0.39, 0.29) is 23.6 Å². The first-order valence-corrected chi connectivity index (χ1v) is 5.87. The zero-order chi connectivity index (χ0) is 12.3. The van der Waals surface area contributed by atoms with Gasteiger partial charge < -0.3 is 9.53 Å². The Hall–Kier alpha value is -1.64. The molecule has 0 aliphatic carbocycles. The molecule has 90 valence electrons. The van der Waals surface area contributed by atoms with Crippen molar-refractivity contribution in [3.63, 3.8) is 0 Å². The zero-order valence-corrected chi connectivity index (χ0v) is 9.89. The minimum atomic E-state index is -0.167. The lowest BCUT2D eigenvalue weighted by Gasteiger charge is -2.13. The Labute approximate surface area is 101 Å². The van der Waals surface area contributed by atoms with Gasteiger partial charge in [0.05, 0.1) is 12.5 Å². The van der Waals surface area contributed by atoms with Crippen LogP contribution in [0.1, 0.15) is 18.9 Å². The fourth-order valence-electron chi connectivity index (χ4n) is 2.29. The largest absolute Gasteiger partial charge is 0.465 e. The van der Waals surface area contributed by atoms with Crippen LogP contribution in [-0.2, 0) is 20.7 Å². The highest BCUT2D eigenvalue weighted by Crippen LogP contribution is 2.28. The predicted molar refractivity (Wildman–Crippen MR) is 63.4 cm³/mol. The van der Waals surface area contributed by atoms with Gasteiger partial charge >= 0.3 is 5.97 Å². The van der Waals surface area contributed by atoms with Crippen LogP contribution in [-0.4, -0.2) is 18.4 Å². The summed E-state index contributed by atoms with van der Waals surface area (Å²) in [6.45, 7) is 1.94. The van der Waals surface area contributed by atoms with Crippen LogP contribution in [0.25, 0.3) is 0 Å². The van der Waals surface area contributed by atoms with Crippen molar-refractivity contribution in [3.05, 3.63) is 35.9 Å². The number of Topliss-reactive ketones (excluding diaryl/α,β-unsaturated/α-hetero) is 1. The van der Waals surface area contributed by atoms with Crippen molar-refractivity contribution in [2.24, 2.45) is 11.8 Å². The molecule has 0 bridgehead atoms. The molecule has 1 aliphatic rings. The summed E-state index contributed by atoms with van der Waals surface area (Å²) in [5.74, 6) is -0.173. The smallest absolute Gasteiger partial charge is 0.309 e. The molecule has 1 heterocycles. The van der Waals surface area contributed by atoms with Crippen molar-refractivity contribution in [1.29, 1.82) is 0 Å². The Bertz CT molecular complexity index is 411. The topological polar surface area (TPSA) is 43.4 Å². The number of ether oxygens (including phenoxy) is 1. The first kappa shape index (κ1) is 11.8. The van der Waals surface area contributed by atoms with Gasteiger partial charge in [-0.25, -0.2) is 0 Å². The molecule has 17 heavy (non-hydrogen) atoms. The summed E-state index contributed by atoms with van der Waals surface area (Å²) in [6, 6.07) is 9.85. The maximum Gasteiger partial charge on any atom is 0.309 e. The Kier molecular flexibility index (Phi) is 3.57. The van der Waals surface area contributed by atoms with Gasteiger partial charge in [0.1, 0.15) is 5.78 Å². The molecule has 1 saturated heterocycles. The van der Waals surface area contributed by atoms with E-state index in [1.807, 2.05) is 30.3 Å². The van der Waals surface area contributed by atoms with E-state index in [0.29, 0.717) is 19.4 Å². The maximum absolute atomic E-state index is 11.6. The Morgan fingerprint density at radius 1 is 1.35 bits per heavy atom. The second-order valence-electron chi connectivity index (χ2n) is 4.59. The molecule has 3 nitrogen and oxygen atoms in total. The van der Waals surface area contributed by atoms with E-state index in [1.165, 1.54) is 0 Å². The van der Waals surface area contributed by atoms with E-state index in [1.54, 1.807) is 6.92 Å². The summed E-state index contributed by atoms with van der Waals surface area (Å²) in [4.78, 5) is 22.8. The van der Waals surface area contributed by atoms with E-state index in [2.05, 4.69) is 0 Å². The van der Waals surface area contributed by atoms with Gasteiger partial charge in [0, 0.05) is 12.3 Å². The molecular formula is C14H16O3. The van der Waals surface area contributed by atoms with E-state index in [9.17, 15) is 9.59 Å². The third-order valence-electron chi connectivity index (χ3n) is 3.16. The van der Waals surface area contributed by atoms with Gasteiger partial charge in [-0.1, -0.05) is 30.3 Å². The van der Waals surface area contributed by atoms with Crippen molar-refractivity contribution in [2.45, 2.75) is 19.8 Å². The number of esters is 1. The number of hydrogen-bond acceptors (Lipinski definition) is 3. The SMILES string of the molecule is CC(=O)C[C@H]1COC(=O)[C@@H]1Cc1ccccc1. The maximum atomic E-state index is 11.6. The van der Waals surface area contributed by atoms with Gasteiger partial charge in [0.15, 0.2) is 0 Å². The third-order valence-corrected chi connectivity index (χ3v) is 3.16. The Balaban J connectivity index is 2.06. The lowest BCUT2D eigenvalue weighted by molar-refractivity contribution is -0.141. The minimum Gasteiger partial charge on any atom is -0.465 e. The summed E-state index contributed by atoms with van der Waals surface area (Å²) in [7, 11) is 0. The number of carbonyl (C=O) groups excluding carboxylic acids is 2. The van der Waals surface area contributed by atoms with Crippen LogP contribution >= 0.6 is 0 Å². The molecule has 0 saturated carbocycles. The lowest BCUT2D eigenvalue weighted by Crippen LogP contribution is -2.20. The van der Waals surface area contributed by atoms with Gasteiger partial charge in [-0.05, 0) is 18.9 Å². The average molecular weight is 232 g/mol. The summed E-state index contributed by atoms with van der Waals surface area (Å²) < 4.78 is 5.06. The van der Waals surface area contributed by atoms with Gasteiger partial charge in [-0.2, -0.15) is 0 Å². The van der Waals surface area contributed by atoms with Gasteiger partial charge in [0.25, 0.3) is 0 Å². The van der Waals surface area contributed by atoms with Crippen LogP contribution in [0.15, 0.2) is 30.3 Å². The second kappa shape index (κ2) is 5.13. The Morgan fingerprint density at radius 2 is 2.06 bits per heavy atom. The normalized spacial score (nSPS) is 23.5. The van der Waals surface area contributed by atoms with E-state index < -0.39 is 0 Å². The molecule has 2 atom stereocenters. The van der Waals surface area contributed by atoms with Crippen molar-refractivity contribution in [1.82, 2.24) is 0 Å². The number of ketones is 1. The lowest BCUT2D eigenvalue weighted by atomic mass is 9.86. The molecule has 1 aromatic carbocycles. The second-order valence-corrected chi connectivity index (χ2v) is 4.59. The molecule has 0 unspecified atom stereocenters. The number of cyclic esters (lactones) is 1. The van der Waals surface area contributed by atoms with Crippen LogP contribution in [0.2, 0.25) is 0 Å². The molecule has 3 heteroatoms. The number of benzene rings is 1. The Morgan fingerprint density at radius 3 is 2.71 bits per heavy atom. The number of carbonyl (C=O) groups is 2. The van der Waals surface area contributed by atoms with Crippen molar-refractivity contribution in [2.75, 3.05) is 6.61 Å². The third kappa shape index (κ3) is 2.93. The van der Waals surface area contributed by atoms with E-state index in [0.717, 1.165) is 5.56 Å². The van der Waals surface area contributed by atoms with Crippen molar-refractivity contribution >= 4 is 11.8 Å². The molecular weight excluding hydrogens is 216 g/mol. The average Bonchev–Trinajstić information content (AvgIpc) is 2.62. The van der Waals surface area contributed by atoms with Crippen LogP contribution < -0.4 is 0 Å². The highest BCUT2D eigenvalue weighted by Gasteiger charge is 2.37. The molecule has 0 radical (unpaired) electrons. The van der Waals surface area contributed by atoms with Crippen LogP contribution in [0.5, 0.6) is 0 Å². The molecule has 0 aromatic heterocycles.